The number of fused-ring (bicyclic) bond motifs is 1. The van der Waals surface area contributed by atoms with E-state index in [1.807, 2.05) is 35.9 Å². The predicted molar refractivity (Wildman–Crippen MR) is 111 cm³/mol. The number of carbonyl (C=O) groups excluding carboxylic acids is 1. The fourth-order valence-electron chi connectivity index (χ4n) is 3.84. The summed E-state index contributed by atoms with van der Waals surface area (Å²) in [7, 11) is 0. The summed E-state index contributed by atoms with van der Waals surface area (Å²) in [5, 5.41) is 16.8. The summed E-state index contributed by atoms with van der Waals surface area (Å²) in [6.45, 7) is 3.66. The fourth-order valence-corrected chi connectivity index (χ4v) is 3.84. The van der Waals surface area contributed by atoms with E-state index >= 15 is 0 Å². The summed E-state index contributed by atoms with van der Waals surface area (Å²) in [5.74, 6) is -1.81. The number of hydrogen-bond acceptors (Lipinski definition) is 3. The Morgan fingerprint density at radius 2 is 1.93 bits per heavy atom. The number of anilines is 1. The largest absolute Gasteiger partial charge is 0.481 e. The molecule has 1 unspecified atom stereocenters. The van der Waals surface area contributed by atoms with Crippen LogP contribution in [0, 0.1) is 6.92 Å². The molecule has 1 amide bonds. The van der Waals surface area contributed by atoms with Crippen LogP contribution in [-0.2, 0) is 17.6 Å². The SMILES string of the molecule is Cc1ccccc1-n1nc(C(=O)Nc2cccc(C(C)C(=O)O)c2)c2c1CCC2. The Balaban J connectivity index is 1.66. The molecule has 1 aliphatic rings. The molecule has 0 fully saturated rings. The second-order valence-electron chi connectivity index (χ2n) is 7.47. The molecule has 6 nitrogen and oxygen atoms in total. The molecule has 0 bridgehead atoms. The van der Waals surface area contributed by atoms with Gasteiger partial charge in [0.15, 0.2) is 5.69 Å². The molecule has 0 saturated heterocycles. The molecule has 6 heteroatoms. The van der Waals surface area contributed by atoms with Gasteiger partial charge in [-0.3, -0.25) is 9.59 Å². The van der Waals surface area contributed by atoms with Crippen LogP contribution in [0.3, 0.4) is 0 Å². The molecular weight excluding hydrogens is 366 g/mol. The van der Waals surface area contributed by atoms with Gasteiger partial charge in [-0.25, -0.2) is 4.68 Å². The number of hydrogen-bond donors (Lipinski definition) is 2. The number of nitrogens with one attached hydrogen (secondary N) is 1. The molecule has 2 N–H and O–H groups in total. The maximum absolute atomic E-state index is 13.0. The molecule has 3 aromatic rings. The molecule has 1 atom stereocenters. The number of para-hydroxylation sites is 1. The number of rotatable bonds is 5. The molecule has 29 heavy (non-hydrogen) atoms. The summed E-state index contributed by atoms with van der Waals surface area (Å²) in [6.07, 6.45) is 2.74. The zero-order valence-corrected chi connectivity index (χ0v) is 16.5. The molecular formula is C23H23N3O3. The van der Waals surface area contributed by atoms with Gasteiger partial charge in [-0.05, 0) is 62.4 Å². The Kier molecular flexibility index (Phi) is 4.92. The van der Waals surface area contributed by atoms with E-state index in [0.29, 0.717) is 16.9 Å². The maximum Gasteiger partial charge on any atom is 0.310 e. The average Bonchev–Trinajstić information content (AvgIpc) is 3.31. The fraction of sp³-hybridized carbons (Fsp3) is 0.261. The highest BCUT2D eigenvalue weighted by Crippen LogP contribution is 2.29. The van der Waals surface area contributed by atoms with Gasteiger partial charge >= 0.3 is 5.97 Å². The van der Waals surface area contributed by atoms with Gasteiger partial charge in [-0.1, -0.05) is 30.3 Å². The topological polar surface area (TPSA) is 84.2 Å². The molecule has 0 spiro atoms. The van der Waals surface area contributed by atoms with E-state index in [4.69, 9.17) is 0 Å². The van der Waals surface area contributed by atoms with E-state index in [0.717, 1.165) is 41.8 Å². The normalized spacial score (nSPS) is 13.7. The third-order valence-corrected chi connectivity index (χ3v) is 5.50. The zero-order valence-electron chi connectivity index (χ0n) is 16.5. The van der Waals surface area contributed by atoms with Gasteiger partial charge in [-0.15, -0.1) is 0 Å². The second kappa shape index (κ2) is 7.54. The van der Waals surface area contributed by atoms with E-state index in [-0.39, 0.29) is 5.91 Å². The van der Waals surface area contributed by atoms with Crippen LogP contribution in [0.2, 0.25) is 0 Å². The third-order valence-electron chi connectivity index (χ3n) is 5.50. The summed E-state index contributed by atoms with van der Waals surface area (Å²) < 4.78 is 1.90. The summed E-state index contributed by atoms with van der Waals surface area (Å²) in [4.78, 5) is 24.3. The van der Waals surface area contributed by atoms with Crippen molar-refractivity contribution in [3.05, 3.63) is 76.6 Å². The lowest BCUT2D eigenvalue weighted by Crippen LogP contribution is -2.15. The lowest BCUT2D eigenvalue weighted by molar-refractivity contribution is -0.138. The van der Waals surface area contributed by atoms with Gasteiger partial charge in [0.05, 0.1) is 11.6 Å². The number of aryl methyl sites for hydroxylation is 1. The smallest absolute Gasteiger partial charge is 0.310 e. The van der Waals surface area contributed by atoms with E-state index < -0.39 is 11.9 Å². The maximum atomic E-state index is 13.0. The van der Waals surface area contributed by atoms with Crippen molar-refractivity contribution in [3.63, 3.8) is 0 Å². The van der Waals surface area contributed by atoms with E-state index in [1.54, 1.807) is 31.2 Å². The first-order chi connectivity index (χ1) is 14.0. The molecule has 2 aromatic carbocycles. The van der Waals surface area contributed by atoms with Crippen molar-refractivity contribution >= 4 is 17.6 Å². The van der Waals surface area contributed by atoms with Gasteiger partial charge in [0.25, 0.3) is 5.91 Å². The Bertz CT molecular complexity index is 1100. The number of aliphatic carboxylic acids is 1. The van der Waals surface area contributed by atoms with Crippen molar-refractivity contribution in [1.82, 2.24) is 9.78 Å². The van der Waals surface area contributed by atoms with Crippen molar-refractivity contribution in [2.75, 3.05) is 5.32 Å². The number of carbonyl (C=O) groups is 2. The van der Waals surface area contributed by atoms with Crippen LogP contribution in [0.15, 0.2) is 48.5 Å². The summed E-state index contributed by atoms with van der Waals surface area (Å²) in [5.41, 5.74) is 5.84. The minimum absolute atomic E-state index is 0.268. The highest BCUT2D eigenvalue weighted by Gasteiger charge is 2.27. The Morgan fingerprint density at radius 3 is 2.69 bits per heavy atom. The minimum atomic E-state index is -0.900. The van der Waals surface area contributed by atoms with E-state index in [1.165, 1.54) is 0 Å². The van der Waals surface area contributed by atoms with Crippen molar-refractivity contribution in [1.29, 1.82) is 0 Å². The quantitative estimate of drug-likeness (QED) is 0.688. The Morgan fingerprint density at radius 1 is 1.14 bits per heavy atom. The van der Waals surface area contributed by atoms with Crippen LogP contribution in [0.1, 0.15) is 52.1 Å². The minimum Gasteiger partial charge on any atom is -0.481 e. The number of carboxylic acids is 1. The average molecular weight is 389 g/mol. The highest BCUT2D eigenvalue weighted by atomic mass is 16.4. The van der Waals surface area contributed by atoms with Crippen molar-refractivity contribution < 1.29 is 14.7 Å². The van der Waals surface area contributed by atoms with Crippen LogP contribution in [-0.4, -0.2) is 26.8 Å². The first-order valence-electron chi connectivity index (χ1n) is 9.76. The monoisotopic (exact) mass is 389 g/mol. The lowest BCUT2D eigenvalue weighted by Gasteiger charge is -2.10. The first kappa shape index (κ1) is 18.9. The standard InChI is InChI=1S/C23H23N3O3/c1-14-7-3-4-11-19(14)26-20-12-6-10-18(20)21(25-26)22(27)24-17-9-5-8-16(13-17)15(2)23(28)29/h3-5,7-9,11,13,15H,6,10,12H2,1-2H3,(H,24,27)(H,28,29). The van der Waals surface area contributed by atoms with Gasteiger partial charge < -0.3 is 10.4 Å². The molecule has 1 aliphatic carbocycles. The number of carboxylic acid groups (broad SMARTS) is 1. The summed E-state index contributed by atoms with van der Waals surface area (Å²) in [6, 6.07) is 15.0. The van der Waals surface area contributed by atoms with Crippen molar-refractivity contribution in [3.8, 4) is 5.69 Å². The van der Waals surface area contributed by atoms with Gasteiger partial charge in [-0.2, -0.15) is 5.10 Å². The molecule has 0 saturated carbocycles. The van der Waals surface area contributed by atoms with Crippen molar-refractivity contribution in [2.45, 2.75) is 39.0 Å². The Labute approximate surface area is 169 Å². The van der Waals surface area contributed by atoms with Crippen LogP contribution in [0.25, 0.3) is 5.69 Å². The molecule has 1 aromatic heterocycles. The second-order valence-corrected chi connectivity index (χ2v) is 7.47. The van der Waals surface area contributed by atoms with Crippen molar-refractivity contribution in [2.24, 2.45) is 0 Å². The third kappa shape index (κ3) is 3.53. The van der Waals surface area contributed by atoms with Gasteiger partial charge in [0.1, 0.15) is 0 Å². The van der Waals surface area contributed by atoms with Crippen LogP contribution in [0.5, 0.6) is 0 Å². The Hall–Kier alpha value is -3.41. The number of nitrogens with zero attached hydrogens (tertiary/aromatic N) is 2. The van der Waals surface area contributed by atoms with Gasteiger partial charge in [0, 0.05) is 16.9 Å². The van der Waals surface area contributed by atoms with E-state index in [9.17, 15) is 14.7 Å². The zero-order chi connectivity index (χ0) is 20.5. The van der Waals surface area contributed by atoms with Crippen LogP contribution >= 0.6 is 0 Å². The summed E-state index contributed by atoms with van der Waals surface area (Å²) >= 11 is 0. The van der Waals surface area contributed by atoms with Crippen LogP contribution in [0.4, 0.5) is 5.69 Å². The highest BCUT2D eigenvalue weighted by molar-refractivity contribution is 6.04. The number of aromatic nitrogens is 2. The molecule has 0 aliphatic heterocycles. The molecule has 4 rings (SSSR count). The van der Waals surface area contributed by atoms with E-state index in [2.05, 4.69) is 10.4 Å². The van der Waals surface area contributed by atoms with Crippen LogP contribution < -0.4 is 5.32 Å². The lowest BCUT2D eigenvalue weighted by atomic mass is 10.0. The predicted octanol–water partition coefficient (Wildman–Crippen LogP) is 4.11. The molecule has 1 heterocycles. The number of amides is 1. The first-order valence-corrected chi connectivity index (χ1v) is 9.76. The van der Waals surface area contributed by atoms with Gasteiger partial charge in [0.2, 0.25) is 0 Å². The molecule has 148 valence electrons. The molecule has 0 radical (unpaired) electrons. The number of benzene rings is 2.